The van der Waals surface area contributed by atoms with Gasteiger partial charge in [-0.3, -0.25) is 38.4 Å². The number of hydrogen-bond donors (Lipinski definition) is 13. The highest BCUT2D eigenvalue weighted by atomic mass is 16.6. The molecule has 23 nitrogen and oxygen atoms in total. The van der Waals surface area contributed by atoms with E-state index in [0.29, 0.717) is 12.8 Å². The van der Waals surface area contributed by atoms with Crippen molar-refractivity contribution in [3.63, 3.8) is 0 Å². The fourth-order valence-electron chi connectivity index (χ4n) is 6.20. The lowest BCUT2D eigenvalue weighted by Gasteiger charge is -2.34. The van der Waals surface area contributed by atoms with E-state index in [1.165, 1.54) is 6.92 Å². The van der Waals surface area contributed by atoms with Gasteiger partial charge in [0, 0.05) is 0 Å². The van der Waals surface area contributed by atoms with Crippen LogP contribution in [0.3, 0.4) is 0 Å². The summed E-state index contributed by atoms with van der Waals surface area (Å²) in [6, 6.07) is -12.2. The van der Waals surface area contributed by atoms with Crippen LogP contribution in [-0.4, -0.2) is 164 Å². The second-order valence-electron chi connectivity index (χ2n) is 15.7. The molecule has 1 saturated heterocycles. The molecule has 0 bridgehead atoms. The number of aliphatic carboxylic acids is 1. The van der Waals surface area contributed by atoms with Crippen molar-refractivity contribution >= 4 is 53.3 Å². The number of esters is 1. The number of ether oxygens (including phenoxy) is 1. The van der Waals surface area contributed by atoms with E-state index in [1.807, 2.05) is 0 Å². The van der Waals surface area contributed by atoms with Crippen molar-refractivity contribution in [2.24, 2.45) is 0 Å². The van der Waals surface area contributed by atoms with E-state index in [1.54, 1.807) is 0 Å². The molecule has 1 heterocycles. The van der Waals surface area contributed by atoms with E-state index in [4.69, 9.17) is 4.74 Å². The zero-order chi connectivity index (χ0) is 47.2. The lowest BCUT2D eigenvalue weighted by molar-refractivity contribution is -0.172. The van der Waals surface area contributed by atoms with Gasteiger partial charge in [-0.1, -0.05) is 64.7 Å². The predicted octanol–water partition coefficient (Wildman–Crippen LogP) is -3.76. The summed E-state index contributed by atoms with van der Waals surface area (Å²) < 4.78 is 5.56. The summed E-state index contributed by atoms with van der Waals surface area (Å²) in [5, 5.41) is 76.5. The molecule has 23 heteroatoms. The molecule has 13 N–H and O–H groups in total. The molecule has 1 fully saturated rings. The summed E-state index contributed by atoms with van der Waals surface area (Å²) in [5.41, 5.74) is -1.93. The monoisotopic (exact) mass is 889 g/mol. The van der Waals surface area contributed by atoms with Crippen LogP contribution in [0.4, 0.5) is 0 Å². The molecule has 1 aliphatic heterocycles. The van der Waals surface area contributed by atoms with Crippen LogP contribution in [0, 0.1) is 0 Å². The second kappa shape index (κ2) is 27.9. The van der Waals surface area contributed by atoms with Crippen molar-refractivity contribution < 1.29 is 78.5 Å². The van der Waals surface area contributed by atoms with Crippen LogP contribution in [0.1, 0.15) is 112 Å². The van der Waals surface area contributed by atoms with Crippen molar-refractivity contribution in [1.29, 1.82) is 0 Å². The van der Waals surface area contributed by atoms with Gasteiger partial charge in [0.05, 0.1) is 44.4 Å². The number of aliphatic hydroxyl groups excluding tert-OH is 4. The fraction of sp³-hybridized carbons (Fsp3) is 0.769. The van der Waals surface area contributed by atoms with Gasteiger partial charge >= 0.3 is 11.9 Å². The Balaban J connectivity index is 3.58. The van der Waals surface area contributed by atoms with E-state index >= 15 is 0 Å². The normalized spacial score (nSPS) is 27.3. The number of carbonyl (C=O) groups is 9. The highest BCUT2D eigenvalue weighted by Crippen LogP contribution is 2.25. The van der Waals surface area contributed by atoms with Crippen molar-refractivity contribution in [2.75, 3.05) is 19.8 Å². The van der Waals surface area contributed by atoms with Gasteiger partial charge in [-0.25, -0.2) is 4.79 Å². The number of carboxylic acids is 1. The first-order chi connectivity index (χ1) is 29.1. The minimum absolute atomic E-state index is 0.00282. The van der Waals surface area contributed by atoms with Gasteiger partial charge in [-0.05, 0) is 34.1 Å². The Kier molecular flexibility index (Phi) is 24.7. The molecule has 0 aromatic carbocycles. The van der Waals surface area contributed by atoms with Gasteiger partial charge in [0.2, 0.25) is 41.4 Å². The van der Waals surface area contributed by atoms with E-state index < -0.39 is 146 Å². The van der Waals surface area contributed by atoms with Gasteiger partial charge in [-0.15, -0.1) is 0 Å². The van der Waals surface area contributed by atoms with Crippen molar-refractivity contribution in [3.05, 3.63) is 0 Å². The number of cyclic esters (lactones) is 1. The number of nitrogens with one attached hydrogen (secondary N) is 7. The number of unbranched alkanes of at least 4 members (excludes halogenated alkanes) is 8. The van der Waals surface area contributed by atoms with E-state index in [9.17, 15) is 73.8 Å². The average Bonchev–Trinajstić information content (AvgIpc) is 3.20. The largest absolute Gasteiger partial charge is 0.481 e. The number of carboxylic acid groups (broad SMARTS) is 1. The third-order valence-electron chi connectivity index (χ3n) is 10.1. The van der Waals surface area contributed by atoms with Crippen molar-refractivity contribution in [1.82, 2.24) is 37.2 Å². The molecule has 0 aliphatic carbocycles. The summed E-state index contributed by atoms with van der Waals surface area (Å²) in [4.78, 5) is 117. The third-order valence-corrected chi connectivity index (χ3v) is 10.1. The Hall–Kier alpha value is -4.97. The maximum atomic E-state index is 13.6. The van der Waals surface area contributed by atoms with Crippen LogP contribution in [0.2, 0.25) is 0 Å². The first-order valence-electron chi connectivity index (χ1n) is 20.9. The average molecular weight is 890 g/mol. The van der Waals surface area contributed by atoms with Crippen LogP contribution < -0.4 is 37.2 Å². The molecular formula is C39H67N7O16. The fourth-order valence-corrected chi connectivity index (χ4v) is 6.20. The number of amides is 7. The Labute approximate surface area is 360 Å². The molecule has 1 rings (SSSR count). The molecule has 10 atom stereocenters. The van der Waals surface area contributed by atoms with Crippen molar-refractivity contribution in [2.45, 2.75) is 172 Å². The maximum Gasteiger partial charge on any atom is 0.331 e. The highest BCUT2D eigenvalue weighted by Gasteiger charge is 2.41. The van der Waals surface area contributed by atoms with Crippen LogP contribution in [0.25, 0.3) is 0 Å². The molecule has 0 saturated carbocycles. The summed E-state index contributed by atoms with van der Waals surface area (Å²) in [5.74, 6) is -11.0. The third kappa shape index (κ3) is 19.4. The summed E-state index contributed by atoms with van der Waals surface area (Å²) in [6.07, 6.45) is 3.18. The molecule has 0 radical (unpaired) electrons. The Morgan fingerprint density at radius 1 is 0.645 bits per heavy atom. The first kappa shape index (κ1) is 55.0. The number of rotatable bonds is 17. The van der Waals surface area contributed by atoms with Crippen LogP contribution in [0.5, 0.6) is 0 Å². The summed E-state index contributed by atoms with van der Waals surface area (Å²) >= 11 is 0. The highest BCUT2D eigenvalue weighted by molar-refractivity contribution is 5.98. The zero-order valence-electron chi connectivity index (χ0n) is 36.1. The quantitative estimate of drug-likeness (QED) is 0.0493. The van der Waals surface area contributed by atoms with E-state index in [0.717, 1.165) is 65.7 Å². The minimum atomic E-state index is -1.93. The Bertz CT molecular complexity index is 1530. The molecule has 0 aromatic rings. The first-order valence-corrected chi connectivity index (χ1v) is 20.9. The second-order valence-corrected chi connectivity index (χ2v) is 15.7. The standard InChI is InChI=1S/C39H67N7O16/c1-6-7-8-9-10-11-12-13-14-15-39(5,61)28-17-29(51)42-25(18-47)35(57)41-21(2)32(54)43-24(16-30(52)53)34(56)40-22(3)33(55)44-26(19-48)36(58)45-27(20-49)37(59)46-31(23(4)50)38(60)62-28/h21-28,31,47-50,61H,6-20H2,1-5H3,(H,40,56)(H,41,57)(H,42,51)(H,43,54)(H,44,55)(H,45,58)(H,46,59)(H,52,53)/t21-,22+,23-,24-,25+,26-,27-,28?,31-,39?/m1/s1. The van der Waals surface area contributed by atoms with Gasteiger partial charge < -0.3 is 72.6 Å². The number of aliphatic hydroxyl groups is 5. The Morgan fingerprint density at radius 2 is 1.05 bits per heavy atom. The number of carbonyl (C=O) groups excluding carboxylic acids is 8. The van der Waals surface area contributed by atoms with Gasteiger partial charge in [-0.2, -0.15) is 0 Å². The lowest BCUT2D eigenvalue weighted by Crippen LogP contribution is -2.61. The topological polar surface area (TPSA) is 368 Å². The smallest absolute Gasteiger partial charge is 0.331 e. The Morgan fingerprint density at radius 3 is 1.52 bits per heavy atom. The van der Waals surface area contributed by atoms with Crippen molar-refractivity contribution in [3.8, 4) is 0 Å². The molecule has 0 spiro atoms. The van der Waals surface area contributed by atoms with Gasteiger partial charge in [0.25, 0.3) is 0 Å². The molecule has 62 heavy (non-hydrogen) atoms. The predicted molar refractivity (Wildman–Crippen MR) is 217 cm³/mol. The molecular weight excluding hydrogens is 822 g/mol. The molecule has 7 amide bonds. The van der Waals surface area contributed by atoms with E-state index in [2.05, 4.69) is 44.1 Å². The molecule has 1 aliphatic rings. The van der Waals surface area contributed by atoms with Crippen LogP contribution in [0.15, 0.2) is 0 Å². The molecule has 354 valence electrons. The summed E-state index contributed by atoms with van der Waals surface area (Å²) in [7, 11) is 0. The van der Waals surface area contributed by atoms with Crippen LogP contribution in [-0.2, 0) is 47.9 Å². The molecule has 2 unspecified atom stereocenters. The SMILES string of the molecule is CCCCCCCCCCCC(C)(O)C1CC(=O)N[C@@H](CO)C(=O)N[C@H](C)C(=O)N[C@H](CC(=O)O)C(=O)N[C@@H](C)C(=O)N[C@H](CO)C(=O)N[C@H](CO)C(=O)N[C@H]([C@@H](C)O)C(=O)O1. The summed E-state index contributed by atoms with van der Waals surface area (Å²) in [6.45, 7) is 3.54. The minimum Gasteiger partial charge on any atom is -0.481 e. The van der Waals surface area contributed by atoms with Gasteiger partial charge in [0.1, 0.15) is 42.4 Å². The van der Waals surface area contributed by atoms with Gasteiger partial charge in [0.15, 0.2) is 6.04 Å². The zero-order valence-corrected chi connectivity index (χ0v) is 36.1. The maximum absolute atomic E-state index is 13.6. The number of hydrogen-bond acceptors (Lipinski definition) is 15. The lowest BCUT2D eigenvalue weighted by atomic mass is 9.89. The van der Waals surface area contributed by atoms with E-state index in [-0.39, 0.29) is 6.42 Å². The van der Waals surface area contributed by atoms with Crippen LogP contribution >= 0.6 is 0 Å². The molecule has 0 aromatic heterocycles.